The van der Waals surface area contributed by atoms with E-state index in [9.17, 15) is 9.18 Å². The van der Waals surface area contributed by atoms with Crippen LogP contribution in [0.15, 0.2) is 22.7 Å². The van der Waals surface area contributed by atoms with Gasteiger partial charge in [-0.25, -0.2) is 4.39 Å². The van der Waals surface area contributed by atoms with E-state index >= 15 is 0 Å². The molecule has 0 spiro atoms. The molecule has 18 heavy (non-hydrogen) atoms. The second-order valence-corrected chi connectivity index (χ2v) is 5.31. The maximum absolute atomic E-state index is 13.0. The molecule has 1 fully saturated rings. The number of hydrogen-bond acceptors (Lipinski definition) is 1. The molecule has 1 saturated carbocycles. The third kappa shape index (κ3) is 3.11. The predicted molar refractivity (Wildman–Crippen MR) is 71.6 cm³/mol. The number of nitrogens with zero attached hydrogens (tertiary/aromatic N) is 1. The van der Waals surface area contributed by atoms with E-state index in [2.05, 4.69) is 21.9 Å². The summed E-state index contributed by atoms with van der Waals surface area (Å²) in [5, 5.41) is 0. The normalized spacial score (nSPS) is 14.1. The van der Waals surface area contributed by atoms with Gasteiger partial charge < -0.3 is 4.90 Å². The lowest BCUT2D eigenvalue weighted by molar-refractivity contribution is 0.0769. The van der Waals surface area contributed by atoms with Crippen LogP contribution in [0.25, 0.3) is 0 Å². The number of hydrogen-bond donors (Lipinski definition) is 0. The van der Waals surface area contributed by atoms with Crippen molar-refractivity contribution in [3.8, 4) is 12.3 Å². The average molecular weight is 310 g/mol. The molecule has 0 radical (unpaired) electrons. The van der Waals surface area contributed by atoms with Crippen molar-refractivity contribution >= 4 is 21.8 Å². The molecule has 0 aromatic heterocycles. The van der Waals surface area contributed by atoms with Gasteiger partial charge in [0.25, 0.3) is 5.91 Å². The van der Waals surface area contributed by atoms with Gasteiger partial charge >= 0.3 is 0 Å². The van der Waals surface area contributed by atoms with Gasteiger partial charge in [0.2, 0.25) is 0 Å². The first kappa shape index (κ1) is 13.1. The molecule has 0 N–H and O–H groups in total. The number of terminal acetylenes is 1. The molecule has 0 unspecified atom stereocenters. The van der Waals surface area contributed by atoms with Gasteiger partial charge in [-0.05, 0) is 52.9 Å². The summed E-state index contributed by atoms with van der Waals surface area (Å²) < 4.78 is 13.5. The molecule has 1 aliphatic carbocycles. The van der Waals surface area contributed by atoms with Gasteiger partial charge in [-0.1, -0.05) is 5.92 Å². The largest absolute Gasteiger partial charge is 0.327 e. The van der Waals surface area contributed by atoms with Crippen LogP contribution in [0.3, 0.4) is 0 Å². The highest BCUT2D eigenvalue weighted by Gasteiger charge is 2.27. The van der Waals surface area contributed by atoms with E-state index in [1.807, 2.05) is 0 Å². The van der Waals surface area contributed by atoms with Crippen LogP contribution in [-0.4, -0.2) is 23.9 Å². The molecule has 0 heterocycles. The monoisotopic (exact) mass is 309 g/mol. The van der Waals surface area contributed by atoms with E-state index < -0.39 is 0 Å². The molecule has 1 aliphatic rings. The van der Waals surface area contributed by atoms with Gasteiger partial charge in [-0.3, -0.25) is 4.79 Å². The van der Waals surface area contributed by atoms with Crippen LogP contribution < -0.4 is 0 Å². The predicted octanol–water partition coefficient (Wildman–Crippen LogP) is 3.07. The Morgan fingerprint density at radius 2 is 2.28 bits per heavy atom. The Morgan fingerprint density at radius 1 is 1.56 bits per heavy atom. The maximum atomic E-state index is 13.0. The highest BCUT2D eigenvalue weighted by Crippen LogP contribution is 2.30. The molecule has 94 valence electrons. The number of benzene rings is 1. The Balaban J connectivity index is 2.18. The zero-order chi connectivity index (χ0) is 13.1. The highest BCUT2D eigenvalue weighted by atomic mass is 79.9. The van der Waals surface area contributed by atoms with Crippen LogP contribution in [0.4, 0.5) is 4.39 Å². The summed E-state index contributed by atoms with van der Waals surface area (Å²) >= 11 is 3.21. The molecular formula is C14H13BrFNO. The Kier molecular flexibility index (Phi) is 4.03. The summed E-state index contributed by atoms with van der Waals surface area (Å²) in [6.07, 6.45) is 7.59. The van der Waals surface area contributed by atoms with Crippen LogP contribution in [0.2, 0.25) is 0 Å². The molecular weight excluding hydrogens is 297 g/mol. The summed E-state index contributed by atoms with van der Waals surface area (Å²) in [5.74, 6) is 2.55. The van der Waals surface area contributed by atoms with Crippen molar-refractivity contribution in [1.82, 2.24) is 4.90 Å². The van der Waals surface area contributed by atoms with E-state index in [0.717, 1.165) is 12.8 Å². The summed E-state index contributed by atoms with van der Waals surface area (Å²) in [6, 6.07) is 4.06. The number of rotatable bonds is 4. The zero-order valence-corrected chi connectivity index (χ0v) is 11.4. The smallest absolute Gasteiger partial charge is 0.255 e. The van der Waals surface area contributed by atoms with E-state index in [-0.39, 0.29) is 11.7 Å². The molecule has 0 atom stereocenters. The number of carbonyl (C=O) groups is 1. The number of carbonyl (C=O) groups excluding carboxylic acids is 1. The summed E-state index contributed by atoms with van der Waals surface area (Å²) in [5.41, 5.74) is 0.451. The Hall–Kier alpha value is -1.34. The first-order chi connectivity index (χ1) is 8.61. The Bertz CT molecular complexity index is 505. The molecule has 4 heteroatoms. The van der Waals surface area contributed by atoms with Gasteiger partial charge in [0.1, 0.15) is 5.82 Å². The SMILES string of the molecule is C#CCN(CC1CC1)C(=O)c1ccc(F)cc1Br. The van der Waals surface area contributed by atoms with Gasteiger partial charge in [0.05, 0.1) is 12.1 Å². The second kappa shape index (κ2) is 5.53. The quantitative estimate of drug-likeness (QED) is 0.783. The van der Waals surface area contributed by atoms with Crippen molar-refractivity contribution in [2.24, 2.45) is 5.92 Å². The van der Waals surface area contributed by atoms with E-state index in [4.69, 9.17) is 6.42 Å². The molecule has 1 aromatic rings. The topological polar surface area (TPSA) is 20.3 Å². The summed E-state index contributed by atoms with van der Waals surface area (Å²) in [6.45, 7) is 0.978. The molecule has 1 amide bonds. The standard InChI is InChI=1S/C14H13BrFNO/c1-2-7-17(9-10-3-4-10)14(18)12-6-5-11(16)8-13(12)15/h1,5-6,8,10H,3-4,7,9H2. The minimum absolute atomic E-state index is 0.147. The van der Waals surface area contributed by atoms with E-state index in [1.165, 1.54) is 18.2 Å². The van der Waals surface area contributed by atoms with Gasteiger partial charge in [0, 0.05) is 11.0 Å². The van der Waals surface area contributed by atoms with Gasteiger partial charge in [-0.15, -0.1) is 6.42 Å². The fourth-order valence-corrected chi connectivity index (χ4v) is 2.30. The highest BCUT2D eigenvalue weighted by molar-refractivity contribution is 9.10. The molecule has 0 aliphatic heterocycles. The molecule has 0 bridgehead atoms. The van der Waals surface area contributed by atoms with Crippen molar-refractivity contribution in [3.63, 3.8) is 0 Å². The van der Waals surface area contributed by atoms with Crippen LogP contribution in [0.5, 0.6) is 0 Å². The van der Waals surface area contributed by atoms with Crippen molar-refractivity contribution in [3.05, 3.63) is 34.1 Å². The Morgan fingerprint density at radius 3 is 2.83 bits per heavy atom. The van der Waals surface area contributed by atoms with Gasteiger partial charge in [-0.2, -0.15) is 0 Å². The third-order valence-corrected chi connectivity index (χ3v) is 3.56. The van der Waals surface area contributed by atoms with Crippen LogP contribution in [-0.2, 0) is 0 Å². The van der Waals surface area contributed by atoms with Crippen molar-refractivity contribution in [2.45, 2.75) is 12.8 Å². The Labute approximate surface area is 114 Å². The molecule has 2 rings (SSSR count). The molecule has 0 saturated heterocycles. The minimum atomic E-state index is -0.371. The number of halogens is 2. The first-order valence-electron chi connectivity index (χ1n) is 5.79. The van der Waals surface area contributed by atoms with Crippen molar-refractivity contribution in [2.75, 3.05) is 13.1 Å². The lowest BCUT2D eigenvalue weighted by Gasteiger charge is -2.20. The lowest BCUT2D eigenvalue weighted by atomic mass is 10.2. The van der Waals surface area contributed by atoms with E-state index in [1.54, 1.807) is 4.90 Å². The average Bonchev–Trinajstić information content (AvgIpc) is 3.11. The maximum Gasteiger partial charge on any atom is 0.255 e. The molecule has 2 nitrogen and oxygen atoms in total. The van der Waals surface area contributed by atoms with Gasteiger partial charge in [0.15, 0.2) is 0 Å². The van der Waals surface area contributed by atoms with Crippen molar-refractivity contribution < 1.29 is 9.18 Å². The van der Waals surface area contributed by atoms with Crippen LogP contribution in [0.1, 0.15) is 23.2 Å². The summed E-state index contributed by atoms with van der Waals surface area (Å²) in [4.78, 5) is 14.0. The van der Waals surface area contributed by atoms with Crippen LogP contribution >= 0.6 is 15.9 Å². The van der Waals surface area contributed by atoms with Crippen LogP contribution in [0, 0.1) is 24.1 Å². The lowest BCUT2D eigenvalue weighted by Crippen LogP contribution is -2.33. The fraction of sp³-hybridized carbons (Fsp3) is 0.357. The molecule has 1 aromatic carbocycles. The minimum Gasteiger partial charge on any atom is -0.327 e. The fourth-order valence-electron chi connectivity index (χ4n) is 1.77. The number of amides is 1. The van der Waals surface area contributed by atoms with E-state index in [0.29, 0.717) is 29.0 Å². The summed E-state index contributed by atoms with van der Waals surface area (Å²) in [7, 11) is 0. The third-order valence-electron chi connectivity index (χ3n) is 2.91. The second-order valence-electron chi connectivity index (χ2n) is 4.46. The zero-order valence-electron chi connectivity index (χ0n) is 9.83. The van der Waals surface area contributed by atoms with Crippen molar-refractivity contribution in [1.29, 1.82) is 0 Å². The first-order valence-corrected chi connectivity index (χ1v) is 6.59.